The zero-order valence-corrected chi connectivity index (χ0v) is 23.6. The number of nitriles is 1. The van der Waals surface area contributed by atoms with Crippen molar-refractivity contribution in [2.45, 2.75) is 90.3 Å². The first-order valence-electron chi connectivity index (χ1n) is 13.9. The second kappa shape index (κ2) is 8.35. The Morgan fingerprint density at radius 3 is 2.27 bits per heavy atom. The molecule has 220 valence electrons. The number of likely N-dealkylation sites (tertiary alicyclic amines) is 1. The highest BCUT2D eigenvalue weighted by molar-refractivity contribution is 5.96. The van der Waals surface area contributed by atoms with Crippen LogP contribution in [0.1, 0.15) is 66.7 Å². The van der Waals surface area contributed by atoms with E-state index in [0.29, 0.717) is 6.42 Å². The van der Waals surface area contributed by atoms with E-state index in [2.05, 4.69) is 16.7 Å². The van der Waals surface area contributed by atoms with Crippen LogP contribution in [0.4, 0.5) is 13.2 Å². The Balaban J connectivity index is 1.44. The molecule has 2 aliphatic heterocycles. The van der Waals surface area contributed by atoms with Crippen LogP contribution in [0.25, 0.3) is 0 Å². The Hall–Kier alpha value is -2.84. The number of nitrogens with two attached hydrogens (primary N) is 1. The Bertz CT molecular complexity index is 1220. The van der Waals surface area contributed by atoms with E-state index < -0.39 is 82.3 Å². The van der Waals surface area contributed by atoms with Gasteiger partial charge in [-0.05, 0) is 42.4 Å². The molecule has 9 nitrogen and oxygen atoms in total. The summed E-state index contributed by atoms with van der Waals surface area (Å²) in [6.07, 6.45) is 1.69. The molecule has 4 N–H and O–H groups in total. The van der Waals surface area contributed by atoms with Gasteiger partial charge in [-0.1, -0.05) is 34.6 Å². The minimum Gasteiger partial charge on any atom is -0.368 e. The summed E-state index contributed by atoms with van der Waals surface area (Å²) in [5.41, 5.74) is 0.670. The lowest BCUT2D eigenvalue weighted by atomic mass is 9.72. The number of carbonyl (C=O) groups is 4. The Kier molecular flexibility index (Phi) is 5.99. The van der Waals surface area contributed by atoms with Crippen LogP contribution < -0.4 is 16.4 Å². The lowest BCUT2D eigenvalue weighted by molar-refractivity contribution is -0.148. The molecule has 7 atom stereocenters. The fourth-order valence-corrected chi connectivity index (χ4v) is 8.07. The fraction of sp³-hybridized carbons (Fsp3) is 0.821. The molecule has 5 fully saturated rings. The highest BCUT2D eigenvalue weighted by Crippen LogP contribution is 2.78. The predicted octanol–water partition coefficient (Wildman–Crippen LogP) is 2.05. The first kappa shape index (κ1) is 28.7. The van der Waals surface area contributed by atoms with Crippen LogP contribution in [-0.2, 0) is 19.2 Å². The van der Waals surface area contributed by atoms with Crippen LogP contribution in [-0.4, -0.2) is 65.3 Å². The van der Waals surface area contributed by atoms with E-state index >= 15 is 0 Å². The van der Waals surface area contributed by atoms with E-state index in [-0.39, 0.29) is 30.3 Å². The van der Waals surface area contributed by atoms with Gasteiger partial charge in [0.1, 0.15) is 24.2 Å². The molecule has 0 aromatic rings. The zero-order valence-electron chi connectivity index (χ0n) is 23.6. The molecule has 0 aromatic heterocycles. The van der Waals surface area contributed by atoms with Crippen LogP contribution >= 0.6 is 0 Å². The first-order valence-corrected chi connectivity index (χ1v) is 13.9. The smallest absolute Gasteiger partial charge is 0.266 e. The van der Waals surface area contributed by atoms with Crippen molar-refractivity contribution >= 4 is 23.6 Å². The summed E-state index contributed by atoms with van der Waals surface area (Å²) in [6, 6.07) is -0.220. The van der Waals surface area contributed by atoms with Gasteiger partial charge in [-0.15, -0.1) is 0 Å². The average Bonchev–Trinajstić information content (AvgIpc) is 3.71. The first-order chi connectivity index (χ1) is 18.3. The van der Waals surface area contributed by atoms with E-state index in [0.717, 1.165) is 12.8 Å². The largest absolute Gasteiger partial charge is 0.368 e. The Labute approximate surface area is 231 Å². The number of hydrogen-bond acceptors (Lipinski definition) is 5. The number of alkyl halides is 3. The predicted molar refractivity (Wildman–Crippen MR) is 136 cm³/mol. The van der Waals surface area contributed by atoms with Gasteiger partial charge in [0.25, 0.3) is 5.92 Å². The third kappa shape index (κ3) is 3.71. The number of halogens is 3. The number of rotatable bonds is 8. The van der Waals surface area contributed by atoms with E-state index in [1.807, 2.05) is 13.8 Å². The minimum atomic E-state index is -3.51. The molecule has 2 saturated heterocycles. The monoisotopic (exact) mass is 565 g/mol. The minimum absolute atomic E-state index is 0.0747. The number of carbonyl (C=O) groups excluding carboxylic acids is 4. The zero-order chi connectivity index (χ0) is 29.8. The van der Waals surface area contributed by atoms with Gasteiger partial charge >= 0.3 is 0 Å². The lowest BCUT2D eigenvalue weighted by Gasteiger charge is -2.40. The Morgan fingerprint density at radius 1 is 1.25 bits per heavy atom. The van der Waals surface area contributed by atoms with Crippen LogP contribution in [0.15, 0.2) is 0 Å². The van der Waals surface area contributed by atoms with Gasteiger partial charge < -0.3 is 21.3 Å². The maximum absolute atomic E-state index is 14.0. The number of nitrogens with zero attached hydrogens (tertiary/aromatic N) is 2. The number of fused-ring (bicyclic) bond motifs is 1. The van der Waals surface area contributed by atoms with E-state index in [9.17, 15) is 37.6 Å². The third-order valence-electron chi connectivity index (χ3n) is 10.8. The number of nitrogens with one attached hydrogen (secondary N) is 2. The quantitative estimate of drug-likeness (QED) is 0.413. The topological polar surface area (TPSA) is 145 Å². The van der Waals surface area contributed by atoms with Crippen molar-refractivity contribution < 1.29 is 32.3 Å². The van der Waals surface area contributed by atoms with Gasteiger partial charge in [0.15, 0.2) is 0 Å². The summed E-state index contributed by atoms with van der Waals surface area (Å²) < 4.78 is 41.5. The van der Waals surface area contributed by atoms with Crippen molar-refractivity contribution in [3.8, 4) is 6.07 Å². The van der Waals surface area contributed by atoms with Crippen molar-refractivity contribution in [2.24, 2.45) is 45.1 Å². The van der Waals surface area contributed by atoms with E-state index in [4.69, 9.17) is 5.73 Å². The number of piperidine rings is 1. The summed E-state index contributed by atoms with van der Waals surface area (Å²) in [5.74, 6) is -7.82. The standard InChI is InChI=1S/C28H38F3N5O4/c1-23(2,3)17(34-22(40)26(13-29)12-27(26,30)31)21(39)36-11-16-24(4,5)28(16,18(36)19(33)37)15(10-32)8-14-9-25(6-7-25)35-20(14)38/h14-18H,6-9,11-13H2,1-5H3,(H2,33,37)(H,34,40)(H,35,38)/t14-,15-,16?,17-,18?,26?,28?/m1/s1. The van der Waals surface area contributed by atoms with Crippen LogP contribution in [0.5, 0.6) is 0 Å². The average molecular weight is 566 g/mol. The molecular weight excluding hydrogens is 527 g/mol. The third-order valence-corrected chi connectivity index (χ3v) is 10.8. The van der Waals surface area contributed by atoms with Crippen molar-refractivity contribution in [1.29, 1.82) is 5.26 Å². The van der Waals surface area contributed by atoms with E-state index in [1.54, 1.807) is 20.8 Å². The van der Waals surface area contributed by atoms with Crippen LogP contribution in [0, 0.1) is 50.7 Å². The molecule has 2 heterocycles. The molecule has 1 spiro atoms. The summed E-state index contributed by atoms with van der Waals surface area (Å²) in [7, 11) is 0. The van der Waals surface area contributed by atoms with Gasteiger partial charge in [-0.3, -0.25) is 19.2 Å². The highest BCUT2D eigenvalue weighted by Gasteiger charge is 2.83. The van der Waals surface area contributed by atoms with Gasteiger partial charge in [0, 0.05) is 29.8 Å². The second-order valence-electron chi connectivity index (χ2n) is 14.5. The molecule has 40 heavy (non-hydrogen) atoms. The van der Waals surface area contributed by atoms with Crippen LogP contribution in [0.3, 0.4) is 0 Å². The molecule has 5 rings (SSSR count). The molecule has 0 radical (unpaired) electrons. The molecule has 0 bridgehead atoms. The molecular formula is C28H38F3N5O4. The molecule has 3 aliphatic carbocycles. The van der Waals surface area contributed by atoms with Crippen LogP contribution in [0.2, 0.25) is 0 Å². The van der Waals surface area contributed by atoms with Gasteiger partial charge in [0.2, 0.25) is 23.6 Å². The number of amides is 4. The molecule has 4 amide bonds. The van der Waals surface area contributed by atoms with Gasteiger partial charge in [-0.25, -0.2) is 13.2 Å². The van der Waals surface area contributed by atoms with Crippen molar-refractivity contribution in [2.75, 3.05) is 13.2 Å². The van der Waals surface area contributed by atoms with Crippen molar-refractivity contribution in [3.63, 3.8) is 0 Å². The fourth-order valence-electron chi connectivity index (χ4n) is 8.07. The molecule has 5 aliphatic rings. The SMILES string of the molecule is CC(C)(C)[C@H](NC(=O)C1(CF)CC1(F)F)C(=O)N1CC2C(C)(C)C2([C@@H](C#N)C[C@@H]2CC3(CC3)NC2=O)C1C(N)=O. The summed E-state index contributed by atoms with van der Waals surface area (Å²) >= 11 is 0. The maximum Gasteiger partial charge on any atom is 0.266 e. The number of hydrogen-bond donors (Lipinski definition) is 3. The summed E-state index contributed by atoms with van der Waals surface area (Å²) in [4.78, 5) is 54.0. The molecule has 12 heteroatoms. The lowest BCUT2D eigenvalue weighted by Crippen LogP contribution is -2.61. The highest BCUT2D eigenvalue weighted by atomic mass is 19.3. The van der Waals surface area contributed by atoms with Crippen molar-refractivity contribution in [3.05, 3.63) is 0 Å². The van der Waals surface area contributed by atoms with E-state index in [1.165, 1.54) is 4.90 Å². The molecule has 4 unspecified atom stereocenters. The molecule has 3 saturated carbocycles. The number of primary amides is 1. The second-order valence-corrected chi connectivity index (χ2v) is 14.5. The van der Waals surface area contributed by atoms with Crippen molar-refractivity contribution in [1.82, 2.24) is 15.5 Å². The Morgan fingerprint density at radius 2 is 1.85 bits per heavy atom. The molecule has 0 aromatic carbocycles. The normalized spacial score (nSPS) is 37.1. The van der Waals surface area contributed by atoms with Gasteiger partial charge in [0.05, 0.1) is 12.0 Å². The maximum atomic E-state index is 14.0. The summed E-state index contributed by atoms with van der Waals surface area (Å²) in [5, 5.41) is 15.8. The van der Waals surface area contributed by atoms with Gasteiger partial charge in [-0.2, -0.15) is 5.26 Å². The summed E-state index contributed by atoms with van der Waals surface area (Å²) in [6.45, 7) is 7.23.